The van der Waals surface area contributed by atoms with Crippen LogP contribution in [0.5, 0.6) is 11.5 Å². The molecule has 0 spiro atoms. The molecule has 0 radical (unpaired) electrons. The van der Waals surface area contributed by atoms with Crippen LogP contribution in [0.3, 0.4) is 0 Å². The summed E-state index contributed by atoms with van der Waals surface area (Å²) in [4.78, 5) is 27.2. The summed E-state index contributed by atoms with van der Waals surface area (Å²) in [6, 6.07) is 13.2. The number of aryl methyl sites for hydroxylation is 2. The van der Waals surface area contributed by atoms with Gasteiger partial charge in [0, 0.05) is 19.5 Å². The van der Waals surface area contributed by atoms with Crippen LogP contribution < -0.4 is 14.8 Å². The molecule has 0 aromatic heterocycles. The topological polar surface area (TPSA) is 67.9 Å². The Hall–Kier alpha value is -3.02. The average Bonchev–Trinajstić information content (AvgIpc) is 3.18. The van der Waals surface area contributed by atoms with Gasteiger partial charge in [0.15, 0.2) is 11.5 Å². The second-order valence-corrected chi connectivity index (χ2v) is 7.27. The molecule has 0 saturated heterocycles. The minimum Gasteiger partial charge on any atom is -0.454 e. The maximum Gasteiger partial charge on any atom is 0.242 e. The highest BCUT2D eigenvalue weighted by molar-refractivity contribution is 5.87. The van der Waals surface area contributed by atoms with Crippen molar-refractivity contribution in [2.45, 2.75) is 46.2 Å². The molecule has 1 N–H and O–H groups in total. The van der Waals surface area contributed by atoms with E-state index in [1.807, 2.05) is 56.3 Å². The summed E-state index contributed by atoms with van der Waals surface area (Å²) in [7, 11) is 0. The Balaban J connectivity index is 1.71. The van der Waals surface area contributed by atoms with Gasteiger partial charge in [-0.2, -0.15) is 0 Å². The molecule has 0 unspecified atom stereocenters. The van der Waals surface area contributed by atoms with Gasteiger partial charge in [0.2, 0.25) is 18.6 Å². The third kappa shape index (κ3) is 5.28. The zero-order chi connectivity index (χ0) is 20.8. The van der Waals surface area contributed by atoms with Gasteiger partial charge in [-0.1, -0.05) is 35.9 Å². The van der Waals surface area contributed by atoms with Crippen LogP contribution >= 0.6 is 0 Å². The number of hydrogen-bond acceptors (Lipinski definition) is 4. The van der Waals surface area contributed by atoms with E-state index in [1.54, 1.807) is 11.8 Å². The van der Waals surface area contributed by atoms with Gasteiger partial charge in [0.25, 0.3) is 0 Å². The van der Waals surface area contributed by atoms with Crippen LogP contribution in [-0.2, 0) is 22.6 Å². The van der Waals surface area contributed by atoms with Gasteiger partial charge in [-0.25, -0.2) is 0 Å². The number of benzene rings is 2. The molecule has 0 bridgehead atoms. The van der Waals surface area contributed by atoms with E-state index in [0.29, 0.717) is 31.7 Å². The second-order valence-electron chi connectivity index (χ2n) is 7.27. The van der Waals surface area contributed by atoms with E-state index < -0.39 is 6.04 Å². The molecule has 1 aliphatic heterocycles. The zero-order valence-electron chi connectivity index (χ0n) is 17.2. The molecule has 154 valence electrons. The van der Waals surface area contributed by atoms with Crippen LogP contribution in [0.2, 0.25) is 0 Å². The molecular weight excluding hydrogens is 368 g/mol. The zero-order valence-corrected chi connectivity index (χ0v) is 17.2. The minimum atomic E-state index is -0.542. The number of hydrogen-bond donors (Lipinski definition) is 1. The SMILES string of the molecule is CCNC(=O)[C@@H](C)N(Cc1cccc(C)c1)C(=O)CCc1ccc2c(c1)OCO2. The number of fused-ring (bicyclic) bond motifs is 1. The number of nitrogens with one attached hydrogen (secondary N) is 1. The number of likely N-dealkylation sites (N-methyl/N-ethyl adjacent to an activating group) is 1. The fraction of sp³-hybridized carbons (Fsp3) is 0.391. The minimum absolute atomic E-state index is 0.0528. The number of ether oxygens (including phenoxy) is 2. The van der Waals surface area contributed by atoms with Crippen LogP contribution in [0.4, 0.5) is 0 Å². The number of rotatable bonds is 8. The van der Waals surface area contributed by atoms with Crippen molar-refractivity contribution in [3.8, 4) is 11.5 Å². The highest BCUT2D eigenvalue weighted by atomic mass is 16.7. The highest BCUT2D eigenvalue weighted by Crippen LogP contribution is 2.32. The molecule has 3 rings (SSSR count). The Morgan fingerprint density at radius 1 is 1.10 bits per heavy atom. The summed E-state index contributed by atoms with van der Waals surface area (Å²) >= 11 is 0. The summed E-state index contributed by atoms with van der Waals surface area (Å²) in [5.74, 6) is 1.24. The maximum atomic E-state index is 13.1. The lowest BCUT2D eigenvalue weighted by molar-refractivity contribution is -0.140. The smallest absolute Gasteiger partial charge is 0.242 e. The molecule has 6 heteroatoms. The molecular formula is C23H28N2O4. The molecule has 6 nitrogen and oxygen atoms in total. The summed E-state index contributed by atoms with van der Waals surface area (Å²) in [6.45, 7) is 6.83. The molecule has 0 fully saturated rings. The van der Waals surface area contributed by atoms with Crippen LogP contribution in [0.25, 0.3) is 0 Å². The summed E-state index contributed by atoms with van der Waals surface area (Å²) in [6.07, 6.45) is 0.886. The molecule has 2 amide bonds. The van der Waals surface area contributed by atoms with Crippen molar-refractivity contribution in [1.29, 1.82) is 0 Å². The van der Waals surface area contributed by atoms with Gasteiger partial charge in [-0.05, 0) is 50.5 Å². The molecule has 1 heterocycles. The van der Waals surface area contributed by atoms with Crippen molar-refractivity contribution in [1.82, 2.24) is 10.2 Å². The third-order valence-corrected chi connectivity index (χ3v) is 5.02. The van der Waals surface area contributed by atoms with E-state index in [0.717, 1.165) is 22.4 Å². The first-order valence-corrected chi connectivity index (χ1v) is 9.99. The van der Waals surface area contributed by atoms with Crippen LogP contribution in [0.1, 0.15) is 37.0 Å². The molecule has 2 aromatic rings. The van der Waals surface area contributed by atoms with Crippen molar-refractivity contribution < 1.29 is 19.1 Å². The monoisotopic (exact) mass is 396 g/mol. The Morgan fingerprint density at radius 3 is 2.66 bits per heavy atom. The average molecular weight is 396 g/mol. The molecule has 29 heavy (non-hydrogen) atoms. The van der Waals surface area contributed by atoms with Crippen LogP contribution in [-0.4, -0.2) is 36.1 Å². The first kappa shape index (κ1) is 20.7. The van der Waals surface area contributed by atoms with E-state index in [-0.39, 0.29) is 18.6 Å². The normalized spacial score (nSPS) is 13.1. The Morgan fingerprint density at radius 2 is 1.90 bits per heavy atom. The molecule has 1 aliphatic rings. The van der Waals surface area contributed by atoms with Crippen molar-refractivity contribution >= 4 is 11.8 Å². The first-order chi connectivity index (χ1) is 14.0. The van der Waals surface area contributed by atoms with Gasteiger partial charge in [-0.15, -0.1) is 0 Å². The predicted molar refractivity (Wildman–Crippen MR) is 111 cm³/mol. The summed E-state index contributed by atoms with van der Waals surface area (Å²) in [5.41, 5.74) is 3.14. The fourth-order valence-corrected chi connectivity index (χ4v) is 3.40. The predicted octanol–water partition coefficient (Wildman–Crippen LogP) is 3.21. The largest absolute Gasteiger partial charge is 0.454 e. The number of amides is 2. The van der Waals surface area contributed by atoms with Crippen molar-refractivity contribution in [3.63, 3.8) is 0 Å². The molecule has 0 saturated carbocycles. The van der Waals surface area contributed by atoms with Crippen LogP contribution in [0, 0.1) is 6.92 Å². The van der Waals surface area contributed by atoms with Crippen molar-refractivity contribution in [2.24, 2.45) is 0 Å². The third-order valence-electron chi connectivity index (χ3n) is 5.02. The lowest BCUT2D eigenvalue weighted by Crippen LogP contribution is -2.47. The van der Waals surface area contributed by atoms with Crippen LogP contribution in [0.15, 0.2) is 42.5 Å². The lowest BCUT2D eigenvalue weighted by Gasteiger charge is -2.29. The summed E-state index contributed by atoms with van der Waals surface area (Å²) in [5, 5.41) is 2.82. The van der Waals surface area contributed by atoms with Gasteiger partial charge in [0.1, 0.15) is 6.04 Å². The Labute approximate surface area is 171 Å². The molecule has 0 aliphatic carbocycles. The number of nitrogens with zero attached hydrogens (tertiary/aromatic N) is 1. The standard InChI is InChI=1S/C23H28N2O4/c1-4-24-23(27)17(3)25(14-19-7-5-6-16(2)12-19)22(26)11-9-18-8-10-20-21(13-18)29-15-28-20/h5-8,10,12-13,17H,4,9,11,14-15H2,1-3H3,(H,24,27)/t17-/m1/s1. The highest BCUT2D eigenvalue weighted by Gasteiger charge is 2.25. The fourth-order valence-electron chi connectivity index (χ4n) is 3.40. The second kappa shape index (κ2) is 9.45. The quantitative estimate of drug-likeness (QED) is 0.744. The maximum absolute atomic E-state index is 13.1. The van der Waals surface area contributed by atoms with Gasteiger partial charge in [-0.3, -0.25) is 9.59 Å². The van der Waals surface area contributed by atoms with E-state index >= 15 is 0 Å². The van der Waals surface area contributed by atoms with E-state index in [1.165, 1.54) is 0 Å². The first-order valence-electron chi connectivity index (χ1n) is 9.99. The van der Waals surface area contributed by atoms with E-state index in [4.69, 9.17) is 9.47 Å². The van der Waals surface area contributed by atoms with Crippen molar-refractivity contribution in [2.75, 3.05) is 13.3 Å². The summed E-state index contributed by atoms with van der Waals surface area (Å²) < 4.78 is 10.7. The van der Waals surface area contributed by atoms with Gasteiger partial charge < -0.3 is 19.7 Å². The van der Waals surface area contributed by atoms with Gasteiger partial charge >= 0.3 is 0 Å². The van der Waals surface area contributed by atoms with E-state index in [2.05, 4.69) is 5.32 Å². The van der Waals surface area contributed by atoms with E-state index in [9.17, 15) is 9.59 Å². The Kier molecular flexibility index (Phi) is 6.75. The molecule has 2 aromatic carbocycles. The number of carbonyl (C=O) groups is 2. The molecule has 1 atom stereocenters. The number of carbonyl (C=O) groups excluding carboxylic acids is 2. The van der Waals surface area contributed by atoms with Gasteiger partial charge in [0.05, 0.1) is 0 Å². The van der Waals surface area contributed by atoms with Crippen molar-refractivity contribution in [3.05, 3.63) is 59.2 Å². The Bertz CT molecular complexity index is 881. The lowest BCUT2D eigenvalue weighted by atomic mass is 10.1.